The molecule has 0 radical (unpaired) electrons. The summed E-state index contributed by atoms with van der Waals surface area (Å²) in [6.45, 7) is -0.237. The minimum atomic E-state index is -5.57. The Bertz CT molecular complexity index is 2810. The number of hydrogen-bond acceptors (Lipinski definition) is 21. The first-order valence-electron chi connectivity index (χ1n) is 14.6. The van der Waals surface area contributed by atoms with Crippen molar-refractivity contribution in [2.75, 3.05) is 30.5 Å². The molecule has 0 bridgehead atoms. The first kappa shape index (κ1) is 54.0. The molecule has 3 N–H and O–H groups in total. The van der Waals surface area contributed by atoms with Crippen LogP contribution in [0.2, 0.25) is 0 Å². The monoisotopic (exact) mass is 931 g/mol. The normalized spacial score (nSPS) is 12.5. The number of nitrogens with zero attached hydrogens (tertiary/aromatic N) is 4. The molecule has 0 aromatic heterocycles. The second kappa shape index (κ2) is 21.2. The van der Waals surface area contributed by atoms with Gasteiger partial charge in [0.1, 0.15) is 32.5 Å². The molecule has 0 saturated heterocycles. The molecule has 0 amide bonds. The zero-order chi connectivity index (χ0) is 41.1. The van der Waals surface area contributed by atoms with Crippen LogP contribution >= 0.6 is 0 Å². The molecule has 0 aliphatic heterocycles. The molecule has 0 atom stereocenters. The standard InChI is InChI=1S/C28H27N5O17S5.3Na/c1-16(34)49-10-12-51(36,37)20-6-2-18(3-7-20)30-32-26-22(53(40,41)42)14-17-15-23(54(43,44)45)27(28(35)24(17)25(26)29)33-31-19-4-8-21(9-5-19)52(38,39)13-11-50-55(46,47)48;;;/h2-9,14-15,35H,10-13,29H2,1H3,(H,40,41,42)(H,43,44,45)(H,46,47,48);;;/q;3*+1/p-3. The zero-order valence-electron chi connectivity index (χ0n) is 30.5. The zero-order valence-corrected chi connectivity index (χ0v) is 40.6. The average Bonchev–Trinajstić information content (AvgIpc) is 3.05. The third-order valence-electron chi connectivity index (χ3n) is 7.00. The molecule has 0 fully saturated rings. The van der Waals surface area contributed by atoms with E-state index in [1.807, 2.05) is 0 Å². The van der Waals surface area contributed by atoms with Crippen molar-refractivity contribution in [1.29, 1.82) is 0 Å². The van der Waals surface area contributed by atoms with Crippen LogP contribution in [0, 0.1) is 0 Å². The number of nitrogens with two attached hydrogens (primary N) is 1. The Morgan fingerprint density at radius 3 is 1.47 bits per heavy atom. The number of azo groups is 2. The maximum absolute atomic E-state index is 13.7. The van der Waals surface area contributed by atoms with Gasteiger partial charge in [-0.2, -0.15) is 18.6 Å². The van der Waals surface area contributed by atoms with Gasteiger partial charge in [-0.1, -0.05) is 5.75 Å². The van der Waals surface area contributed by atoms with Crippen molar-refractivity contribution in [2.45, 2.75) is 26.5 Å². The van der Waals surface area contributed by atoms with Crippen molar-refractivity contribution in [3.63, 3.8) is 0 Å². The average molecular weight is 932 g/mol. The Balaban J connectivity index is 0.00000561. The molecule has 296 valence electrons. The summed E-state index contributed by atoms with van der Waals surface area (Å²) in [5.41, 5.74) is 2.93. The van der Waals surface area contributed by atoms with Gasteiger partial charge in [0.05, 0.1) is 60.4 Å². The summed E-state index contributed by atoms with van der Waals surface area (Å²) in [7, 11) is -24.0. The Kier molecular flexibility index (Phi) is 19.7. The molecular weight excluding hydrogens is 908 g/mol. The fourth-order valence-electron chi connectivity index (χ4n) is 4.51. The van der Waals surface area contributed by atoms with E-state index in [2.05, 4.69) is 29.4 Å². The van der Waals surface area contributed by atoms with Crippen LogP contribution in [-0.2, 0) is 64.0 Å². The van der Waals surface area contributed by atoms with E-state index in [0.717, 1.165) is 55.5 Å². The minimum absolute atomic E-state index is 0. The molecule has 0 heterocycles. The third kappa shape index (κ3) is 14.3. The van der Waals surface area contributed by atoms with Crippen LogP contribution in [0.4, 0.5) is 28.4 Å². The van der Waals surface area contributed by atoms with Gasteiger partial charge in [0.25, 0.3) is 0 Å². The van der Waals surface area contributed by atoms with Crippen molar-refractivity contribution in [3.05, 3.63) is 60.7 Å². The SMILES string of the molecule is CC(=O)OCCS(=O)(=O)c1ccc(N=Nc2c(S(=O)(=O)[O-])cc3cc(S(=O)(=O)[O-])c(N=Nc4ccc(S(=O)(=O)CCOS(=O)(=O)O)cc4)c([O-])c3c2N)cc1.[Na+].[Na+].[Na+]. The summed E-state index contributed by atoms with van der Waals surface area (Å²) in [4.78, 5) is 7.85. The van der Waals surface area contributed by atoms with E-state index >= 15 is 0 Å². The quantitative estimate of drug-likeness (QED) is 0.0368. The van der Waals surface area contributed by atoms with Crippen LogP contribution in [0.3, 0.4) is 0 Å². The van der Waals surface area contributed by atoms with Crippen molar-refractivity contribution < 1.29 is 163 Å². The minimum Gasteiger partial charge on any atom is -0.870 e. The van der Waals surface area contributed by atoms with E-state index in [1.54, 1.807) is 0 Å². The molecule has 58 heavy (non-hydrogen) atoms. The van der Waals surface area contributed by atoms with Gasteiger partial charge in [0.2, 0.25) is 0 Å². The molecular formula is C28H24N5Na3O17S5. The Hall–Kier alpha value is -2.00. The number of anilines is 1. The predicted octanol–water partition coefficient (Wildman–Crippen LogP) is -6.92. The third-order valence-corrected chi connectivity index (χ3v) is 12.6. The first-order chi connectivity index (χ1) is 25.3. The summed E-state index contributed by atoms with van der Waals surface area (Å²) < 4.78 is 162. The fourth-order valence-corrected chi connectivity index (χ4v) is 8.39. The van der Waals surface area contributed by atoms with Crippen LogP contribution in [0.1, 0.15) is 6.92 Å². The van der Waals surface area contributed by atoms with E-state index in [0.29, 0.717) is 12.1 Å². The van der Waals surface area contributed by atoms with E-state index in [1.165, 1.54) is 0 Å². The number of carbonyl (C=O) groups is 1. The van der Waals surface area contributed by atoms with Crippen LogP contribution < -0.4 is 99.5 Å². The fraction of sp³-hybridized carbons (Fsp3) is 0.179. The molecule has 0 unspecified atom stereocenters. The largest absolute Gasteiger partial charge is 1.00 e. The summed E-state index contributed by atoms with van der Waals surface area (Å²) in [5.74, 6) is -3.51. The van der Waals surface area contributed by atoms with E-state index in [-0.39, 0.29) is 110 Å². The summed E-state index contributed by atoms with van der Waals surface area (Å²) >= 11 is 0. The number of ether oxygens (including phenoxy) is 1. The van der Waals surface area contributed by atoms with Crippen molar-refractivity contribution in [3.8, 4) is 5.75 Å². The summed E-state index contributed by atoms with van der Waals surface area (Å²) in [6, 6.07) is 9.50. The topological polar surface area (TPSA) is 371 Å². The Morgan fingerprint density at radius 1 is 0.672 bits per heavy atom. The van der Waals surface area contributed by atoms with E-state index in [9.17, 15) is 61.1 Å². The smallest absolute Gasteiger partial charge is 0.870 e. The van der Waals surface area contributed by atoms with Gasteiger partial charge in [-0.25, -0.2) is 37.9 Å². The van der Waals surface area contributed by atoms with Crippen molar-refractivity contribution in [2.24, 2.45) is 20.5 Å². The van der Waals surface area contributed by atoms with Crippen molar-refractivity contribution in [1.82, 2.24) is 0 Å². The number of rotatable bonds is 15. The van der Waals surface area contributed by atoms with Crippen LogP contribution in [-0.4, -0.2) is 86.4 Å². The van der Waals surface area contributed by atoms with Gasteiger partial charge in [-0.05, 0) is 66.0 Å². The van der Waals surface area contributed by atoms with E-state index < -0.39 is 124 Å². The molecule has 4 rings (SSSR count). The van der Waals surface area contributed by atoms with Gasteiger partial charge in [-0.15, -0.1) is 10.2 Å². The molecule has 0 aliphatic rings. The van der Waals surface area contributed by atoms with Gasteiger partial charge >= 0.3 is 105 Å². The molecule has 4 aromatic carbocycles. The van der Waals surface area contributed by atoms with Gasteiger partial charge in [0, 0.05) is 12.3 Å². The maximum atomic E-state index is 13.7. The number of sulfone groups is 2. The number of esters is 1. The number of nitrogen functional groups attached to an aromatic ring is 1. The second-order valence-corrected chi connectivity index (χ2v) is 18.8. The number of benzene rings is 4. The molecule has 0 spiro atoms. The molecule has 0 saturated carbocycles. The molecule has 30 heteroatoms. The maximum Gasteiger partial charge on any atom is 1.00 e. The van der Waals surface area contributed by atoms with Gasteiger partial charge in [-0.3, -0.25) is 9.35 Å². The number of carbonyl (C=O) groups excluding carboxylic acids is 1. The van der Waals surface area contributed by atoms with Crippen molar-refractivity contribution >= 4 is 95.5 Å². The summed E-state index contributed by atoms with van der Waals surface area (Å²) in [5, 5.41) is 27.0. The molecule has 4 aromatic rings. The Labute approximate surface area is 397 Å². The Morgan fingerprint density at radius 2 is 1.07 bits per heavy atom. The van der Waals surface area contributed by atoms with E-state index in [4.69, 9.17) is 10.3 Å². The van der Waals surface area contributed by atoms with Crippen LogP contribution in [0.25, 0.3) is 10.8 Å². The van der Waals surface area contributed by atoms with Gasteiger partial charge < -0.3 is 24.7 Å². The van der Waals surface area contributed by atoms with Crippen LogP contribution in [0.15, 0.2) is 101 Å². The first-order valence-corrected chi connectivity index (χ1v) is 22.0. The second-order valence-electron chi connectivity index (χ2n) is 10.8. The van der Waals surface area contributed by atoms with Crippen LogP contribution in [0.5, 0.6) is 5.75 Å². The molecule has 22 nitrogen and oxygen atoms in total. The number of hydrogen-bond donors (Lipinski definition) is 2. The number of fused-ring (bicyclic) bond motifs is 1. The van der Waals surface area contributed by atoms with Gasteiger partial charge in [0.15, 0.2) is 19.7 Å². The predicted molar refractivity (Wildman–Crippen MR) is 183 cm³/mol. The molecule has 0 aliphatic carbocycles. The summed E-state index contributed by atoms with van der Waals surface area (Å²) in [6.07, 6.45) is 0.